The molecule has 2 aromatic rings. The average molecular weight is 395 g/mol. The van der Waals surface area contributed by atoms with Crippen molar-refractivity contribution in [3.05, 3.63) is 70.8 Å². The lowest BCUT2D eigenvalue weighted by atomic mass is 10.0. The maximum atomic E-state index is 12.1. The Hall–Kier alpha value is -3.41. The van der Waals surface area contributed by atoms with Gasteiger partial charge in [0.05, 0.1) is 12.7 Å². The van der Waals surface area contributed by atoms with Gasteiger partial charge in [0.2, 0.25) is 0 Å². The third-order valence-electron chi connectivity index (χ3n) is 4.29. The molecule has 0 atom stereocenters. The molecule has 0 radical (unpaired) electrons. The fourth-order valence-electron chi connectivity index (χ4n) is 2.53. The van der Waals surface area contributed by atoms with E-state index in [1.54, 1.807) is 25.1 Å². The molecule has 0 heterocycles. The van der Waals surface area contributed by atoms with Crippen molar-refractivity contribution in [3.63, 3.8) is 0 Å². The lowest BCUT2D eigenvalue weighted by Gasteiger charge is -2.10. The Morgan fingerprint density at radius 2 is 1.76 bits per heavy atom. The van der Waals surface area contributed by atoms with Crippen LogP contribution in [-0.4, -0.2) is 31.6 Å². The first-order valence-corrected chi connectivity index (χ1v) is 9.23. The van der Waals surface area contributed by atoms with Gasteiger partial charge in [0.15, 0.2) is 6.61 Å². The highest BCUT2D eigenvalue weighted by molar-refractivity contribution is 5.97. The molecule has 0 aliphatic heterocycles. The van der Waals surface area contributed by atoms with Gasteiger partial charge in [-0.05, 0) is 47.7 Å². The standard InChI is InChI=1S/C23H25NO5/c1-15(2)18-10-6-17(7-11-18)8-12-22(26)29-14-21(25)24-20-13-19(23(27)28-4)9-5-16(20)3/h5-13,15H,14H2,1-4H3,(H,24,25)/b12-8+. The lowest BCUT2D eigenvalue weighted by Crippen LogP contribution is -2.21. The molecule has 6 nitrogen and oxygen atoms in total. The number of carbonyl (C=O) groups is 3. The monoisotopic (exact) mass is 395 g/mol. The van der Waals surface area contributed by atoms with Gasteiger partial charge in [-0.2, -0.15) is 0 Å². The highest BCUT2D eigenvalue weighted by Crippen LogP contribution is 2.18. The molecule has 0 fully saturated rings. The van der Waals surface area contributed by atoms with Crippen molar-refractivity contribution < 1.29 is 23.9 Å². The second-order valence-electron chi connectivity index (χ2n) is 6.83. The van der Waals surface area contributed by atoms with E-state index in [0.717, 1.165) is 11.1 Å². The minimum absolute atomic E-state index is 0.316. The van der Waals surface area contributed by atoms with E-state index < -0.39 is 24.5 Å². The highest BCUT2D eigenvalue weighted by atomic mass is 16.5. The van der Waals surface area contributed by atoms with Crippen LogP contribution in [0, 0.1) is 6.92 Å². The maximum absolute atomic E-state index is 12.1. The second-order valence-corrected chi connectivity index (χ2v) is 6.83. The summed E-state index contributed by atoms with van der Waals surface area (Å²) < 4.78 is 9.64. The smallest absolute Gasteiger partial charge is 0.337 e. The maximum Gasteiger partial charge on any atom is 0.337 e. The van der Waals surface area contributed by atoms with E-state index in [0.29, 0.717) is 17.2 Å². The number of esters is 2. The largest absolute Gasteiger partial charge is 0.465 e. The van der Waals surface area contributed by atoms with Crippen LogP contribution < -0.4 is 5.32 Å². The van der Waals surface area contributed by atoms with Crippen molar-refractivity contribution in [2.75, 3.05) is 19.0 Å². The summed E-state index contributed by atoms with van der Waals surface area (Å²) in [5.74, 6) is -1.18. The van der Waals surface area contributed by atoms with Crippen LogP contribution in [0.5, 0.6) is 0 Å². The van der Waals surface area contributed by atoms with E-state index in [1.807, 2.05) is 24.3 Å². The van der Waals surface area contributed by atoms with Crippen molar-refractivity contribution in [1.29, 1.82) is 0 Å². The molecule has 0 aliphatic carbocycles. The Morgan fingerprint density at radius 1 is 1.07 bits per heavy atom. The third-order valence-corrected chi connectivity index (χ3v) is 4.29. The van der Waals surface area contributed by atoms with Crippen molar-refractivity contribution in [2.45, 2.75) is 26.7 Å². The van der Waals surface area contributed by atoms with Crippen LogP contribution in [0.2, 0.25) is 0 Å². The van der Waals surface area contributed by atoms with E-state index >= 15 is 0 Å². The molecule has 0 saturated heterocycles. The summed E-state index contributed by atoms with van der Waals surface area (Å²) in [6.45, 7) is 5.58. The fraction of sp³-hybridized carbons (Fsp3) is 0.261. The second kappa shape index (κ2) is 10.2. The van der Waals surface area contributed by atoms with Crippen LogP contribution in [0.1, 0.15) is 46.8 Å². The number of hydrogen-bond acceptors (Lipinski definition) is 5. The molecule has 1 N–H and O–H groups in total. The van der Waals surface area contributed by atoms with E-state index in [2.05, 4.69) is 23.9 Å². The Kier molecular flexibility index (Phi) is 7.71. The molecule has 0 bridgehead atoms. The molecule has 152 valence electrons. The zero-order valence-electron chi connectivity index (χ0n) is 17.0. The van der Waals surface area contributed by atoms with Crippen LogP contribution in [0.4, 0.5) is 5.69 Å². The third kappa shape index (κ3) is 6.60. The Labute approximate surface area is 170 Å². The Bertz CT molecular complexity index is 913. The van der Waals surface area contributed by atoms with Crippen LogP contribution in [0.3, 0.4) is 0 Å². The summed E-state index contributed by atoms with van der Waals surface area (Å²) in [4.78, 5) is 35.5. The first kappa shape index (κ1) is 21.9. The van der Waals surface area contributed by atoms with Crippen molar-refractivity contribution in [3.8, 4) is 0 Å². The predicted octanol–water partition coefficient (Wildman–Crippen LogP) is 4.10. The number of carbonyl (C=O) groups excluding carboxylic acids is 3. The number of hydrogen-bond donors (Lipinski definition) is 1. The average Bonchev–Trinajstić information content (AvgIpc) is 2.72. The number of ether oxygens (including phenoxy) is 2. The fourth-order valence-corrected chi connectivity index (χ4v) is 2.53. The van der Waals surface area contributed by atoms with E-state index in [1.165, 1.54) is 24.8 Å². The number of rotatable bonds is 7. The molecule has 0 aliphatic rings. The van der Waals surface area contributed by atoms with E-state index in [-0.39, 0.29) is 0 Å². The van der Waals surface area contributed by atoms with Gasteiger partial charge in [-0.25, -0.2) is 9.59 Å². The molecule has 29 heavy (non-hydrogen) atoms. The summed E-state index contributed by atoms with van der Waals surface area (Å²) >= 11 is 0. The van der Waals surface area contributed by atoms with Crippen LogP contribution in [0.15, 0.2) is 48.5 Å². The number of nitrogens with one attached hydrogen (secondary N) is 1. The number of methoxy groups -OCH3 is 1. The van der Waals surface area contributed by atoms with Gasteiger partial charge in [0.25, 0.3) is 5.91 Å². The van der Waals surface area contributed by atoms with Gasteiger partial charge in [-0.1, -0.05) is 44.2 Å². The highest BCUT2D eigenvalue weighted by Gasteiger charge is 2.11. The number of anilines is 1. The topological polar surface area (TPSA) is 81.7 Å². The summed E-state index contributed by atoms with van der Waals surface area (Å²) in [5, 5.41) is 2.63. The minimum atomic E-state index is -0.617. The van der Waals surface area contributed by atoms with Crippen molar-refractivity contribution in [1.82, 2.24) is 0 Å². The molecule has 1 amide bonds. The molecular formula is C23H25NO5. The Balaban J connectivity index is 1.88. The summed E-state index contributed by atoms with van der Waals surface area (Å²) in [6, 6.07) is 12.7. The first-order valence-electron chi connectivity index (χ1n) is 9.23. The normalized spacial score (nSPS) is 10.8. The molecule has 0 spiro atoms. The zero-order valence-corrected chi connectivity index (χ0v) is 17.0. The minimum Gasteiger partial charge on any atom is -0.465 e. The molecule has 2 aromatic carbocycles. The summed E-state index contributed by atoms with van der Waals surface area (Å²) in [7, 11) is 1.28. The van der Waals surface area contributed by atoms with Crippen LogP contribution >= 0.6 is 0 Å². The van der Waals surface area contributed by atoms with Crippen molar-refractivity contribution in [2.24, 2.45) is 0 Å². The lowest BCUT2D eigenvalue weighted by molar-refractivity contribution is -0.142. The zero-order chi connectivity index (χ0) is 21.4. The quantitative estimate of drug-likeness (QED) is 0.564. The van der Waals surface area contributed by atoms with Gasteiger partial charge >= 0.3 is 11.9 Å². The molecule has 0 unspecified atom stereocenters. The molecule has 0 aromatic heterocycles. The van der Waals surface area contributed by atoms with Gasteiger partial charge in [0.1, 0.15) is 0 Å². The number of benzene rings is 2. The van der Waals surface area contributed by atoms with Crippen LogP contribution in [0.25, 0.3) is 6.08 Å². The summed E-state index contributed by atoms with van der Waals surface area (Å²) in [6.07, 6.45) is 2.91. The van der Waals surface area contributed by atoms with Gasteiger partial charge < -0.3 is 14.8 Å². The molecular weight excluding hydrogens is 370 g/mol. The first-order chi connectivity index (χ1) is 13.8. The van der Waals surface area contributed by atoms with E-state index in [9.17, 15) is 14.4 Å². The Morgan fingerprint density at radius 3 is 2.38 bits per heavy atom. The van der Waals surface area contributed by atoms with Gasteiger partial charge in [-0.3, -0.25) is 4.79 Å². The van der Waals surface area contributed by atoms with Crippen molar-refractivity contribution >= 4 is 29.6 Å². The molecule has 0 saturated carbocycles. The SMILES string of the molecule is COC(=O)c1ccc(C)c(NC(=O)COC(=O)/C=C/c2ccc(C(C)C)cc2)c1. The number of aryl methyl sites for hydroxylation is 1. The van der Waals surface area contributed by atoms with E-state index in [4.69, 9.17) is 4.74 Å². The molecule has 6 heteroatoms. The van der Waals surface area contributed by atoms with Crippen LogP contribution in [-0.2, 0) is 19.1 Å². The van der Waals surface area contributed by atoms with Gasteiger partial charge in [0, 0.05) is 11.8 Å². The summed E-state index contributed by atoms with van der Waals surface area (Å²) in [5.41, 5.74) is 3.62. The predicted molar refractivity (Wildman–Crippen MR) is 112 cm³/mol. The van der Waals surface area contributed by atoms with Gasteiger partial charge in [-0.15, -0.1) is 0 Å². The molecule has 2 rings (SSSR count). The number of amides is 1.